The van der Waals surface area contributed by atoms with Crippen molar-refractivity contribution in [3.05, 3.63) is 60.7 Å². The van der Waals surface area contributed by atoms with Crippen LogP contribution in [0.4, 0.5) is 16.2 Å². The number of hydrogen-bond acceptors (Lipinski definition) is 2. The van der Waals surface area contributed by atoms with Crippen molar-refractivity contribution in [3.63, 3.8) is 0 Å². The molecule has 0 saturated carbocycles. The zero-order valence-electron chi connectivity index (χ0n) is 9.28. The quantitative estimate of drug-likeness (QED) is 0.358. The summed E-state index contributed by atoms with van der Waals surface area (Å²) < 4.78 is -0.526. The van der Waals surface area contributed by atoms with E-state index in [9.17, 15) is 4.79 Å². The van der Waals surface area contributed by atoms with E-state index in [-0.39, 0.29) is 0 Å². The molecule has 0 aliphatic rings. The molecule has 0 unspecified atom stereocenters. The Morgan fingerprint density at radius 2 is 1.18 bits per heavy atom. The first kappa shape index (κ1) is 11.3. The zero-order valence-corrected chi connectivity index (χ0v) is 9.28. The minimum Gasteiger partial charge on any atom is -0.317 e. The third-order valence-electron chi connectivity index (χ3n) is 2.67. The predicted octanol–water partition coefficient (Wildman–Crippen LogP) is 2.28. The molecule has 2 rings (SSSR count). The van der Waals surface area contributed by atoms with Crippen LogP contribution in [0.15, 0.2) is 60.7 Å². The van der Waals surface area contributed by atoms with Gasteiger partial charge in [-0.05, 0) is 0 Å². The number of nitrogens with two attached hydrogens (primary N) is 2. The van der Waals surface area contributed by atoms with E-state index < -0.39 is 10.6 Å². The van der Waals surface area contributed by atoms with E-state index in [1.54, 1.807) is 24.3 Å². The summed E-state index contributed by atoms with van der Waals surface area (Å²) in [5.74, 6) is 6.15. The number of primary amides is 1. The zero-order chi connectivity index (χ0) is 12.3. The fraction of sp³-hybridized carbons (Fsp3) is 0. The molecular weight excluding hydrogens is 214 g/mol. The van der Waals surface area contributed by atoms with Gasteiger partial charge in [0.15, 0.2) is 11.4 Å². The van der Waals surface area contributed by atoms with Gasteiger partial charge in [0.2, 0.25) is 0 Å². The molecule has 0 aliphatic carbocycles. The highest BCUT2D eigenvalue weighted by atomic mass is 16.2. The van der Waals surface area contributed by atoms with Gasteiger partial charge in [0.25, 0.3) is 0 Å². The predicted molar refractivity (Wildman–Crippen MR) is 68.1 cm³/mol. The van der Waals surface area contributed by atoms with Gasteiger partial charge >= 0.3 is 6.03 Å². The van der Waals surface area contributed by atoms with Crippen LogP contribution in [-0.4, -0.2) is 6.03 Å². The van der Waals surface area contributed by atoms with Crippen molar-refractivity contribution < 1.29 is 4.79 Å². The van der Waals surface area contributed by atoms with Gasteiger partial charge in [0.1, 0.15) is 0 Å². The first-order valence-corrected chi connectivity index (χ1v) is 5.24. The summed E-state index contributed by atoms with van der Waals surface area (Å²) in [5, 5.41) is 0. The van der Waals surface area contributed by atoms with E-state index in [4.69, 9.17) is 11.6 Å². The largest absolute Gasteiger partial charge is 0.443 e. The lowest BCUT2D eigenvalue weighted by molar-refractivity contribution is 0.227. The maximum Gasteiger partial charge on any atom is 0.443 e. The van der Waals surface area contributed by atoms with E-state index in [1.807, 2.05) is 36.4 Å². The van der Waals surface area contributed by atoms with Crippen molar-refractivity contribution in [3.8, 4) is 0 Å². The monoisotopic (exact) mass is 228 g/mol. The van der Waals surface area contributed by atoms with E-state index in [2.05, 4.69) is 0 Å². The average molecular weight is 228 g/mol. The number of nitrogens with zero attached hydrogens (tertiary/aromatic N) is 1. The second kappa shape index (κ2) is 4.37. The molecule has 0 heterocycles. The molecular formula is C13H14N3O+. The summed E-state index contributed by atoms with van der Waals surface area (Å²) in [5.41, 5.74) is 6.70. The van der Waals surface area contributed by atoms with Gasteiger partial charge in [-0.1, -0.05) is 36.4 Å². The van der Waals surface area contributed by atoms with Crippen molar-refractivity contribution >= 4 is 17.4 Å². The van der Waals surface area contributed by atoms with Crippen LogP contribution in [0.3, 0.4) is 0 Å². The molecule has 0 radical (unpaired) electrons. The minimum atomic E-state index is -0.623. The molecule has 0 saturated heterocycles. The molecule has 0 atom stereocenters. The number of benzene rings is 2. The molecule has 86 valence electrons. The first-order valence-electron chi connectivity index (χ1n) is 5.24. The lowest BCUT2D eigenvalue weighted by Gasteiger charge is -2.26. The number of para-hydroxylation sites is 2. The molecule has 4 heteroatoms. The number of rotatable bonds is 2. The number of carbonyl (C=O) groups excluding carboxylic acids is 1. The second-order valence-electron chi connectivity index (χ2n) is 3.73. The van der Waals surface area contributed by atoms with Crippen LogP contribution in [0.2, 0.25) is 0 Å². The highest BCUT2D eigenvalue weighted by Gasteiger charge is 2.36. The number of quaternary nitrogens is 1. The van der Waals surface area contributed by atoms with Crippen LogP contribution in [0.25, 0.3) is 0 Å². The molecule has 0 fully saturated rings. The number of carbonyl (C=O) groups is 1. The Morgan fingerprint density at radius 1 is 0.824 bits per heavy atom. The summed E-state index contributed by atoms with van der Waals surface area (Å²) in [6.45, 7) is 0. The maximum absolute atomic E-state index is 11.7. The van der Waals surface area contributed by atoms with Gasteiger partial charge in [-0.15, -0.1) is 4.59 Å². The van der Waals surface area contributed by atoms with Crippen molar-refractivity contribution in [2.75, 3.05) is 0 Å². The van der Waals surface area contributed by atoms with Crippen molar-refractivity contribution in [2.45, 2.75) is 0 Å². The lowest BCUT2D eigenvalue weighted by Crippen LogP contribution is -2.58. The molecule has 2 aromatic carbocycles. The molecule has 2 amide bonds. The molecule has 2 aromatic rings. The van der Waals surface area contributed by atoms with Gasteiger partial charge < -0.3 is 5.73 Å². The Labute approximate surface area is 99.6 Å². The Morgan fingerprint density at radius 3 is 1.47 bits per heavy atom. The van der Waals surface area contributed by atoms with Crippen LogP contribution in [0.5, 0.6) is 0 Å². The molecule has 4 N–H and O–H groups in total. The van der Waals surface area contributed by atoms with Crippen molar-refractivity contribution in [1.82, 2.24) is 4.59 Å². The van der Waals surface area contributed by atoms with Crippen LogP contribution in [-0.2, 0) is 0 Å². The Bertz CT molecular complexity index is 471. The number of amides is 2. The summed E-state index contributed by atoms with van der Waals surface area (Å²) in [4.78, 5) is 11.7. The Balaban J connectivity index is 2.59. The van der Waals surface area contributed by atoms with Crippen LogP contribution in [0.1, 0.15) is 0 Å². The lowest BCUT2D eigenvalue weighted by atomic mass is 10.2. The summed E-state index contributed by atoms with van der Waals surface area (Å²) >= 11 is 0. The maximum atomic E-state index is 11.7. The summed E-state index contributed by atoms with van der Waals surface area (Å²) in [7, 11) is 0. The average Bonchev–Trinajstić information content (AvgIpc) is 2.39. The van der Waals surface area contributed by atoms with E-state index in [0.29, 0.717) is 11.4 Å². The van der Waals surface area contributed by atoms with Gasteiger partial charge in [-0.3, -0.25) is 0 Å². The normalized spacial score (nSPS) is 11.1. The van der Waals surface area contributed by atoms with E-state index in [0.717, 1.165) is 0 Å². The number of urea groups is 1. The summed E-state index contributed by atoms with van der Waals surface area (Å²) in [6.07, 6.45) is 0. The molecule has 4 nitrogen and oxygen atoms in total. The minimum absolute atomic E-state index is 0.526. The molecule has 0 aliphatic heterocycles. The van der Waals surface area contributed by atoms with Gasteiger partial charge in [0, 0.05) is 24.3 Å². The van der Waals surface area contributed by atoms with Gasteiger partial charge in [-0.25, -0.2) is 4.79 Å². The smallest absolute Gasteiger partial charge is 0.317 e. The SMILES string of the molecule is NC(=O)[N+](N)(c1ccccc1)c1ccccc1. The van der Waals surface area contributed by atoms with Crippen molar-refractivity contribution in [1.29, 1.82) is 0 Å². The van der Waals surface area contributed by atoms with E-state index in [1.165, 1.54) is 0 Å². The van der Waals surface area contributed by atoms with Gasteiger partial charge in [-0.2, -0.15) is 5.84 Å². The molecule has 0 aromatic heterocycles. The third kappa shape index (κ3) is 1.91. The third-order valence-corrected chi connectivity index (χ3v) is 2.67. The molecule has 0 spiro atoms. The second-order valence-corrected chi connectivity index (χ2v) is 3.73. The summed E-state index contributed by atoms with van der Waals surface area (Å²) in [6, 6.07) is 17.5. The standard InChI is InChI=1S/C13H13N3O/c14-13(17)16(15,11-7-3-1-4-8-11)12-9-5-2-6-10-12/h1-10H,15H2,(H-,14,17)/p+1. The molecule has 17 heavy (non-hydrogen) atoms. The molecule has 0 bridgehead atoms. The number of hydrogen-bond donors (Lipinski definition) is 2. The fourth-order valence-electron chi connectivity index (χ4n) is 1.73. The van der Waals surface area contributed by atoms with Crippen molar-refractivity contribution in [2.24, 2.45) is 11.6 Å². The highest BCUT2D eigenvalue weighted by molar-refractivity contribution is 5.91. The highest BCUT2D eigenvalue weighted by Crippen LogP contribution is 2.29. The fourth-order valence-corrected chi connectivity index (χ4v) is 1.73. The van der Waals surface area contributed by atoms with Crippen LogP contribution >= 0.6 is 0 Å². The topological polar surface area (TPSA) is 69.1 Å². The van der Waals surface area contributed by atoms with Gasteiger partial charge in [0.05, 0.1) is 0 Å². The van der Waals surface area contributed by atoms with Crippen LogP contribution < -0.4 is 16.2 Å². The van der Waals surface area contributed by atoms with Crippen LogP contribution in [0, 0.1) is 0 Å². The Kier molecular flexibility index (Phi) is 2.91. The van der Waals surface area contributed by atoms with E-state index >= 15 is 0 Å². The Hall–Kier alpha value is -2.17. The first-order chi connectivity index (χ1) is 8.15.